The first kappa shape index (κ1) is 14.8. The van der Waals surface area contributed by atoms with Gasteiger partial charge in [-0.25, -0.2) is 4.39 Å². The van der Waals surface area contributed by atoms with Crippen LogP contribution in [0.5, 0.6) is 0 Å². The van der Waals surface area contributed by atoms with Crippen LogP contribution in [-0.2, 0) is 6.18 Å². The molecule has 0 atom stereocenters. The Kier molecular flexibility index (Phi) is 3.84. The molecule has 1 amide bonds. The van der Waals surface area contributed by atoms with Crippen LogP contribution in [0, 0.1) is 5.82 Å². The number of halogens is 4. The van der Waals surface area contributed by atoms with Crippen molar-refractivity contribution in [3.05, 3.63) is 59.4 Å². The molecule has 0 heterocycles. The zero-order valence-corrected chi connectivity index (χ0v) is 10.5. The maximum Gasteiger partial charge on any atom is 0.416 e. The fourth-order valence-electron chi connectivity index (χ4n) is 1.63. The lowest BCUT2D eigenvalue weighted by Crippen LogP contribution is -2.14. The van der Waals surface area contributed by atoms with Crippen LogP contribution >= 0.6 is 0 Å². The second-order valence-electron chi connectivity index (χ2n) is 4.27. The van der Waals surface area contributed by atoms with Crippen LogP contribution in [0.3, 0.4) is 0 Å². The second-order valence-corrected chi connectivity index (χ2v) is 4.27. The molecule has 2 aromatic carbocycles. The third-order valence-corrected chi connectivity index (χ3v) is 2.71. The lowest BCUT2D eigenvalue weighted by Gasteiger charge is -2.11. The van der Waals surface area contributed by atoms with E-state index in [1.54, 1.807) is 0 Å². The highest BCUT2D eigenvalue weighted by Crippen LogP contribution is 2.31. The Bertz CT molecular complexity index is 666. The highest BCUT2D eigenvalue weighted by atomic mass is 19.4. The number of amides is 1. The molecule has 0 spiro atoms. The molecule has 0 aliphatic carbocycles. The average Bonchev–Trinajstić information content (AvgIpc) is 2.40. The number of alkyl halides is 3. The van der Waals surface area contributed by atoms with Crippen LogP contribution in [-0.4, -0.2) is 5.91 Å². The van der Waals surface area contributed by atoms with E-state index in [-0.39, 0.29) is 5.56 Å². The Balaban J connectivity index is 2.26. The van der Waals surface area contributed by atoms with E-state index in [1.165, 1.54) is 24.3 Å². The summed E-state index contributed by atoms with van der Waals surface area (Å²) in [4.78, 5) is 11.8. The molecule has 0 fully saturated rings. The number of nitrogens with one attached hydrogen (secondary N) is 1. The topological polar surface area (TPSA) is 55.1 Å². The van der Waals surface area contributed by atoms with Crippen LogP contribution in [0.2, 0.25) is 0 Å². The van der Waals surface area contributed by atoms with Gasteiger partial charge in [-0.2, -0.15) is 13.2 Å². The molecule has 0 saturated heterocycles. The maximum atomic E-state index is 13.5. The predicted molar refractivity (Wildman–Crippen MR) is 70.2 cm³/mol. The largest absolute Gasteiger partial charge is 0.416 e. The van der Waals surface area contributed by atoms with Crippen molar-refractivity contribution >= 4 is 17.3 Å². The van der Waals surface area contributed by atoms with Crippen LogP contribution in [0.4, 0.5) is 28.9 Å². The molecule has 0 aliphatic heterocycles. The number of nitrogens with two attached hydrogens (primary N) is 1. The summed E-state index contributed by atoms with van der Waals surface area (Å²) in [6, 6.07) is 7.49. The normalized spacial score (nSPS) is 11.2. The number of carbonyl (C=O) groups is 1. The summed E-state index contributed by atoms with van der Waals surface area (Å²) in [7, 11) is 0. The summed E-state index contributed by atoms with van der Waals surface area (Å²) in [6.07, 6.45) is -4.62. The van der Waals surface area contributed by atoms with Crippen molar-refractivity contribution in [3.8, 4) is 0 Å². The van der Waals surface area contributed by atoms with Crippen LogP contribution in [0.1, 0.15) is 15.9 Å². The van der Waals surface area contributed by atoms with Gasteiger partial charge < -0.3 is 11.1 Å². The molecule has 3 N–H and O–H groups in total. The van der Waals surface area contributed by atoms with E-state index in [0.717, 1.165) is 0 Å². The van der Waals surface area contributed by atoms with Crippen molar-refractivity contribution < 1.29 is 22.4 Å². The minimum atomic E-state index is -4.62. The molecule has 0 aromatic heterocycles. The molecular weight excluding hydrogens is 288 g/mol. The lowest BCUT2D eigenvalue weighted by atomic mass is 10.1. The fourth-order valence-corrected chi connectivity index (χ4v) is 1.63. The summed E-state index contributed by atoms with van der Waals surface area (Å²) in [5, 5.41) is 2.10. The summed E-state index contributed by atoms with van der Waals surface area (Å²) in [5.41, 5.74) is 4.46. The Hall–Kier alpha value is -2.57. The zero-order chi connectivity index (χ0) is 15.6. The van der Waals surface area contributed by atoms with Crippen molar-refractivity contribution in [1.82, 2.24) is 0 Å². The molecule has 0 aliphatic rings. The van der Waals surface area contributed by atoms with Crippen molar-refractivity contribution in [3.63, 3.8) is 0 Å². The molecule has 2 aromatic rings. The molecule has 0 bridgehead atoms. The van der Waals surface area contributed by atoms with E-state index < -0.39 is 29.2 Å². The number of hydrogen-bond donors (Lipinski definition) is 2. The average molecular weight is 298 g/mol. The fraction of sp³-hybridized carbons (Fsp3) is 0.0714. The third kappa shape index (κ3) is 3.50. The van der Waals surface area contributed by atoms with Crippen molar-refractivity contribution in [2.24, 2.45) is 0 Å². The number of benzene rings is 2. The minimum absolute atomic E-state index is 0.154. The van der Waals surface area contributed by atoms with E-state index in [4.69, 9.17) is 5.73 Å². The van der Waals surface area contributed by atoms with Gasteiger partial charge in [-0.05, 0) is 42.5 Å². The van der Waals surface area contributed by atoms with E-state index in [1.807, 2.05) is 0 Å². The van der Waals surface area contributed by atoms with Gasteiger partial charge in [0, 0.05) is 11.3 Å². The van der Waals surface area contributed by atoms with Gasteiger partial charge >= 0.3 is 6.18 Å². The number of rotatable bonds is 2. The zero-order valence-electron chi connectivity index (χ0n) is 10.5. The smallest absolute Gasteiger partial charge is 0.399 e. The van der Waals surface area contributed by atoms with Gasteiger partial charge in [0.15, 0.2) is 0 Å². The molecule has 3 nitrogen and oxygen atoms in total. The van der Waals surface area contributed by atoms with Gasteiger partial charge in [-0.15, -0.1) is 0 Å². The first-order valence-electron chi connectivity index (χ1n) is 5.81. The van der Waals surface area contributed by atoms with Crippen LogP contribution < -0.4 is 11.1 Å². The first-order chi connectivity index (χ1) is 9.77. The molecule has 21 heavy (non-hydrogen) atoms. The van der Waals surface area contributed by atoms with E-state index >= 15 is 0 Å². The number of hydrogen-bond acceptors (Lipinski definition) is 2. The van der Waals surface area contributed by atoms with Gasteiger partial charge in [0.05, 0.1) is 11.3 Å². The highest BCUT2D eigenvalue weighted by molar-refractivity contribution is 6.04. The quantitative estimate of drug-likeness (QED) is 0.656. The molecule has 0 unspecified atom stereocenters. The number of anilines is 2. The summed E-state index contributed by atoms with van der Waals surface area (Å²) < 4.78 is 51.2. The predicted octanol–water partition coefficient (Wildman–Crippen LogP) is 3.68. The lowest BCUT2D eigenvalue weighted by molar-refractivity contribution is -0.137. The monoisotopic (exact) mass is 298 g/mol. The molecule has 0 saturated carbocycles. The third-order valence-electron chi connectivity index (χ3n) is 2.71. The van der Waals surface area contributed by atoms with Gasteiger partial charge in [0.25, 0.3) is 5.91 Å². The molecular formula is C14H10F4N2O. The summed E-state index contributed by atoms with van der Waals surface area (Å²) in [5.74, 6) is -1.68. The molecule has 7 heteroatoms. The Labute approximate surface area is 117 Å². The van der Waals surface area contributed by atoms with Crippen LogP contribution in [0.15, 0.2) is 42.5 Å². The van der Waals surface area contributed by atoms with Gasteiger partial charge in [0.2, 0.25) is 0 Å². The molecule has 0 radical (unpaired) electrons. The Morgan fingerprint density at radius 1 is 1.05 bits per heavy atom. The minimum Gasteiger partial charge on any atom is -0.399 e. The van der Waals surface area contributed by atoms with Gasteiger partial charge in [-0.3, -0.25) is 4.79 Å². The second kappa shape index (κ2) is 5.43. The summed E-state index contributed by atoms with van der Waals surface area (Å²) in [6.45, 7) is 0. The van der Waals surface area contributed by atoms with Gasteiger partial charge in [-0.1, -0.05) is 0 Å². The van der Waals surface area contributed by atoms with Crippen LogP contribution in [0.25, 0.3) is 0 Å². The standard InChI is InChI=1S/C14H10F4N2O/c15-11-6-3-9(14(16,17)18)7-12(11)20-13(21)8-1-4-10(19)5-2-8/h1-7H,19H2,(H,20,21). The highest BCUT2D eigenvalue weighted by Gasteiger charge is 2.31. The maximum absolute atomic E-state index is 13.5. The number of nitrogen functional groups attached to an aromatic ring is 1. The molecule has 2 rings (SSSR count). The van der Waals surface area contributed by atoms with E-state index in [0.29, 0.717) is 23.9 Å². The van der Waals surface area contributed by atoms with E-state index in [9.17, 15) is 22.4 Å². The number of carbonyl (C=O) groups excluding carboxylic acids is 1. The Morgan fingerprint density at radius 3 is 2.24 bits per heavy atom. The van der Waals surface area contributed by atoms with Gasteiger partial charge in [0.1, 0.15) is 5.82 Å². The van der Waals surface area contributed by atoms with Crippen molar-refractivity contribution in [1.29, 1.82) is 0 Å². The SMILES string of the molecule is Nc1ccc(C(=O)Nc2cc(C(F)(F)F)ccc2F)cc1. The Morgan fingerprint density at radius 2 is 1.67 bits per heavy atom. The van der Waals surface area contributed by atoms with E-state index in [2.05, 4.69) is 5.32 Å². The van der Waals surface area contributed by atoms with Crippen molar-refractivity contribution in [2.75, 3.05) is 11.1 Å². The first-order valence-corrected chi connectivity index (χ1v) is 5.81. The van der Waals surface area contributed by atoms with Crippen molar-refractivity contribution in [2.45, 2.75) is 6.18 Å². The molecule has 110 valence electrons. The summed E-state index contributed by atoms with van der Waals surface area (Å²) >= 11 is 0.